The van der Waals surface area contributed by atoms with Crippen molar-refractivity contribution in [1.29, 1.82) is 0 Å². The van der Waals surface area contributed by atoms with Crippen LogP contribution in [0.4, 0.5) is 4.79 Å². The Morgan fingerprint density at radius 2 is 1.64 bits per heavy atom. The van der Waals surface area contributed by atoms with Crippen LogP contribution in [0, 0.1) is 10.1 Å². The SMILES string of the molecule is CC(=O)N1C(=O)NC(c2ccccc2)=C([N+](=O)[O-])[C@@H]1c1ccccc1. The number of rotatable bonds is 3. The number of urea groups is 1. The summed E-state index contributed by atoms with van der Waals surface area (Å²) in [6.45, 7) is 1.21. The normalized spacial score (nSPS) is 17.2. The lowest BCUT2D eigenvalue weighted by Crippen LogP contribution is -2.50. The van der Waals surface area contributed by atoms with E-state index < -0.39 is 22.9 Å². The van der Waals surface area contributed by atoms with Gasteiger partial charge in [-0.05, 0) is 5.56 Å². The van der Waals surface area contributed by atoms with E-state index >= 15 is 0 Å². The van der Waals surface area contributed by atoms with Crippen LogP contribution in [-0.4, -0.2) is 21.8 Å². The molecule has 0 spiro atoms. The molecule has 7 nitrogen and oxygen atoms in total. The number of nitro groups is 1. The maximum atomic E-state index is 12.5. The summed E-state index contributed by atoms with van der Waals surface area (Å²) in [6.07, 6.45) is 0. The summed E-state index contributed by atoms with van der Waals surface area (Å²) in [7, 11) is 0. The predicted octanol–water partition coefficient (Wildman–Crippen LogP) is 2.94. The minimum absolute atomic E-state index is 0.0990. The summed E-state index contributed by atoms with van der Waals surface area (Å²) in [5.41, 5.74) is 0.855. The molecule has 7 heteroatoms. The molecule has 0 radical (unpaired) electrons. The van der Waals surface area contributed by atoms with Gasteiger partial charge in [-0.3, -0.25) is 14.9 Å². The van der Waals surface area contributed by atoms with E-state index in [1.807, 2.05) is 0 Å². The smallest absolute Gasteiger partial charge is 0.301 e. The van der Waals surface area contributed by atoms with E-state index in [2.05, 4.69) is 5.32 Å². The molecule has 0 bridgehead atoms. The Morgan fingerprint density at radius 1 is 1.08 bits per heavy atom. The molecule has 1 N–H and O–H groups in total. The minimum atomic E-state index is -1.10. The number of benzene rings is 2. The first kappa shape index (κ1) is 16.4. The van der Waals surface area contributed by atoms with Crippen molar-refractivity contribution >= 4 is 17.6 Å². The van der Waals surface area contributed by atoms with Gasteiger partial charge in [0.15, 0.2) is 6.04 Å². The average Bonchev–Trinajstić information content (AvgIpc) is 2.61. The molecule has 0 unspecified atom stereocenters. The van der Waals surface area contributed by atoms with Gasteiger partial charge >= 0.3 is 6.03 Å². The molecule has 1 heterocycles. The van der Waals surface area contributed by atoms with Crippen LogP contribution < -0.4 is 5.32 Å². The van der Waals surface area contributed by atoms with Crippen molar-refractivity contribution in [2.45, 2.75) is 13.0 Å². The maximum absolute atomic E-state index is 12.5. The second-order valence-electron chi connectivity index (χ2n) is 5.52. The van der Waals surface area contributed by atoms with E-state index in [1.165, 1.54) is 6.92 Å². The molecule has 0 aliphatic carbocycles. The molecule has 1 aliphatic rings. The Kier molecular flexibility index (Phi) is 4.30. The minimum Gasteiger partial charge on any atom is -0.301 e. The van der Waals surface area contributed by atoms with Crippen molar-refractivity contribution in [3.05, 3.63) is 87.6 Å². The van der Waals surface area contributed by atoms with Crippen molar-refractivity contribution in [3.8, 4) is 0 Å². The fourth-order valence-corrected chi connectivity index (χ4v) is 2.89. The zero-order valence-corrected chi connectivity index (χ0v) is 13.4. The summed E-state index contributed by atoms with van der Waals surface area (Å²) in [5.74, 6) is -0.571. The molecule has 25 heavy (non-hydrogen) atoms. The molecular formula is C18H15N3O4. The Labute approximate surface area is 143 Å². The first-order valence-corrected chi connectivity index (χ1v) is 7.60. The molecule has 2 aromatic rings. The zero-order valence-electron chi connectivity index (χ0n) is 13.4. The highest BCUT2D eigenvalue weighted by Gasteiger charge is 2.45. The number of carbonyl (C=O) groups excluding carboxylic acids is 2. The van der Waals surface area contributed by atoms with Crippen LogP contribution in [0.3, 0.4) is 0 Å². The first-order chi connectivity index (χ1) is 12.0. The van der Waals surface area contributed by atoms with Gasteiger partial charge in [-0.2, -0.15) is 0 Å². The van der Waals surface area contributed by atoms with Crippen LogP contribution in [0.1, 0.15) is 24.1 Å². The number of imide groups is 1. The van der Waals surface area contributed by atoms with Crippen molar-refractivity contribution in [1.82, 2.24) is 10.2 Å². The number of hydrogen-bond acceptors (Lipinski definition) is 4. The first-order valence-electron chi connectivity index (χ1n) is 7.60. The van der Waals surface area contributed by atoms with E-state index in [0.717, 1.165) is 4.90 Å². The number of amides is 3. The van der Waals surface area contributed by atoms with E-state index in [-0.39, 0.29) is 11.4 Å². The Hall–Kier alpha value is -3.48. The van der Waals surface area contributed by atoms with Gasteiger partial charge < -0.3 is 5.32 Å². The molecule has 1 aliphatic heterocycles. The molecule has 3 amide bonds. The Balaban J connectivity index is 2.28. The van der Waals surface area contributed by atoms with Gasteiger partial charge in [0.25, 0.3) is 5.70 Å². The van der Waals surface area contributed by atoms with Gasteiger partial charge in [0.05, 0.1) is 4.92 Å². The monoisotopic (exact) mass is 337 g/mol. The number of carbonyl (C=O) groups is 2. The number of nitrogens with one attached hydrogen (secondary N) is 1. The van der Waals surface area contributed by atoms with Crippen LogP contribution in [0.25, 0.3) is 5.70 Å². The van der Waals surface area contributed by atoms with Crippen LogP contribution in [0.2, 0.25) is 0 Å². The van der Waals surface area contributed by atoms with E-state index in [0.29, 0.717) is 11.1 Å². The summed E-state index contributed by atoms with van der Waals surface area (Å²) in [5, 5.41) is 14.4. The second-order valence-corrected chi connectivity index (χ2v) is 5.52. The van der Waals surface area contributed by atoms with Crippen LogP contribution in [0.5, 0.6) is 0 Å². The van der Waals surface area contributed by atoms with Crippen molar-refractivity contribution in [3.63, 3.8) is 0 Å². The molecule has 1 atom stereocenters. The van der Waals surface area contributed by atoms with Gasteiger partial charge in [-0.25, -0.2) is 9.69 Å². The van der Waals surface area contributed by atoms with E-state index in [4.69, 9.17) is 0 Å². The highest BCUT2D eigenvalue weighted by Crippen LogP contribution is 2.36. The number of hydrogen-bond donors (Lipinski definition) is 1. The van der Waals surface area contributed by atoms with Gasteiger partial charge in [-0.15, -0.1) is 0 Å². The third-order valence-corrected chi connectivity index (χ3v) is 3.94. The summed E-state index contributed by atoms with van der Waals surface area (Å²) in [6, 6.07) is 15.3. The van der Waals surface area contributed by atoms with Crippen molar-refractivity contribution in [2.75, 3.05) is 0 Å². The maximum Gasteiger partial charge on any atom is 0.329 e. The van der Waals surface area contributed by atoms with Crippen molar-refractivity contribution in [2.24, 2.45) is 0 Å². The Morgan fingerprint density at radius 3 is 2.16 bits per heavy atom. The standard InChI is InChI=1S/C18H15N3O4/c1-12(22)20-16(14-10-6-3-7-11-14)17(21(24)25)15(19-18(20)23)13-8-4-2-5-9-13/h2-11,16H,1H3,(H,19,23)/t16-/m0/s1. The topological polar surface area (TPSA) is 92.6 Å². The molecule has 2 aromatic carbocycles. The lowest BCUT2D eigenvalue weighted by Gasteiger charge is -2.33. The molecule has 0 aromatic heterocycles. The van der Waals surface area contributed by atoms with Gasteiger partial charge in [0.2, 0.25) is 5.91 Å². The second kappa shape index (κ2) is 6.56. The molecule has 3 rings (SSSR count). The molecule has 0 saturated carbocycles. The quantitative estimate of drug-likeness (QED) is 0.688. The number of nitrogens with zero attached hydrogens (tertiary/aromatic N) is 2. The Bertz CT molecular complexity index is 862. The fraction of sp³-hybridized carbons (Fsp3) is 0.111. The third kappa shape index (κ3) is 2.99. The highest BCUT2D eigenvalue weighted by molar-refractivity contribution is 6.00. The summed E-state index contributed by atoms with van der Waals surface area (Å²) >= 11 is 0. The van der Waals surface area contributed by atoms with Crippen LogP contribution in [0.15, 0.2) is 66.4 Å². The predicted molar refractivity (Wildman–Crippen MR) is 90.6 cm³/mol. The van der Waals surface area contributed by atoms with Crippen molar-refractivity contribution < 1.29 is 14.5 Å². The van der Waals surface area contributed by atoms with Gasteiger partial charge in [0.1, 0.15) is 5.70 Å². The summed E-state index contributed by atoms with van der Waals surface area (Å²) < 4.78 is 0. The van der Waals surface area contributed by atoms with Gasteiger partial charge in [-0.1, -0.05) is 60.7 Å². The summed E-state index contributed by atoms with van der Waals surface area (Å²) in [4.78, 5) is 36.7. The average molecular weight is 337 g/mol. The van der Waals surface area contributed by atoms with Gasteiger partial charge in [0, 0.05) is 12.5 Å². The third-order valence-electron chi connectivity index (χ3n) is 3.94. The molecule has 0 fully saturated rings. The van der Waals surface area contributed by atoms with E-state index in [1.54, 1.807) is 60.7 Å². The van der Waals surface area contributed by atoms with Crippen LogP contribution in [-0.2, 0) is 4.79 Å². The lowest BCUT2D eigenvalue weighted by atomic mass is 9.96. The van der Waals surface area contributed by atoms with E-state index in [9.17, 15) is 19.7 Å². The lowest BCUT2D eigenvalue weighted by molar-refractivity contribution is -0.432. The largest absolute Gasteiger partial charge is 0.329 e. The molecular weight excluding hydrogens is 322 g/mol. The zero-order chi connectivity index (χ0) is 18.0. The molecule has 126 valence electrons. The highest BCUT2D eigenvalue weighted by atomic mass is 16.6. The van der Waals surface area contributed by atoms with Crippen LogP contribution >= 0.6 is 0 Å². The molecule has 0 saturated heterocycles. The fourth-order valence-electron chi connectivity index (χ4n) is 2.89.